The van der Waals surface area contributed by atoms with Crippen molar-refractivity contribution in [2.24, 2.45) is 0 Å². The minimum absolute atomic E-state index is 0.0108. The summed E-state index contributed by atoms with van der Waals surface area (Å²) in [6.07, 6.45) is 1.65. The molecule has 1 aromatic carbocycles. The van der Waals surface area contributed by atoms with Gasteiger partial charge in [0.25, 0.3) is 0 Å². The second-order valence-corrected chi connectivity index (χ2v) is 5.47. The zero-order valence-electron chi connectivity index (χ0n) is 14.0. The summed E-state index contributed by atoms with van der Waals surface area (Å²) in [4.78, 5) is 23.8. The molecule has 0 aliphatic heterocycles. The van der Waals surface area contributed by atoms with Gasteiger partial charge in [-0.05, 0) is 17.7 Å². The van der Waals surface area contributed by atoms with E-state index in [0.717, 1.165) is 5.56 Å². The number of aliphatic carboxylic acids is 1. The molecule has 0 atom stereocenters. The summed E-state index contributed by atoms with van der Waals surface area (Å²) in [6, 6.07) is 16.9. The zero-order valence-corrected chi connectivity index (χ0v) is 14.0. The van der Waals surface area contributed by atoms with Crippen molar-refractivity contribution in [3.8, 4) is 17.4 Å². The maximum Gasteiger partial charge on any atom is 0.305 e. The number of carboxylic acids is 1. The molecule has 0 unspecified atom stereocenters. The van der Waals surface area contributed by atoms with Crippen molar-refractivity contribution < 1.29 is 14.6 Å². The van der Waals surface area contributed by atoms with Gasteiger partial charge in [0, 0.05) is 18.8 Å². The first-order valence-corrected chi connectivity index (χ1v) is 8.13. The number of carbonyl (C=O) groups is 1. The predicted molar refractivity (Wildman–Crippen MR) is 96.8 cm³/mol. The molecule has 2 heterocycles. The fourth-order valence-electron chi connectivity index (χ4n) is 2.23. The van der Waals surface area contributed by atoms with Gasteiger partial charge in [-0.3, -0.25) is 9.78 Å². The van der Waals surface area contributed by atoms with Crippen molar-refractivity contribution in [3.05, 3.63) is 66.4 Å². The first kappa shape index (κ1) is 17.3. The Hall–Kier alpha value is -3.48. The van der Waals surface area contributed by atoms with E-state index in [1.165, 1.54) is 0 Å². The largest absolute Gasteiger partial charge is 0.481 e. The molecule has 0 aliphatic carbocycles. The van der Waals surface area contributed by atoms with E-state index in [1.54, 1.807) is 18.3 Å². The van der Waals surface area contributed by atoms with E-state index < -0.39 is 5.97 Å². The summed E-state index contributed by atoms with van der Waals surface area (Å²) in [6.45, 7) is 0.625. The summed E-state index contributed by atoms with van der Waals surface area (Å²) < 4.78 is 5.79. The highest BCUT2D eigenvalue weighted by Gasteiger charge is 2.09. The minimum Gasteiger partial charge on any atom is -0.481 e. The molecule has 7 heteroatoms. The van der Waals surface area contributed by atoms with Gasteiger partial charge in [-0.2, -0.15) is 4.98 Å². The first-order valence-electron chi connectivity index (χ1n) is 8.13. The van der Waals surface area contributed by atoms with E-state index in [0.29, 0.717) is 29.8 Å². The molecule has 2 N–H and O–H groups in total. The fourth-order valence-corrected chi connectivity index (χ4v) is 2.23. The van der Waals surface area contributed by atoms with E-state index in [1.807, 2.05) is 42.5 Å². The molecule has 0 saturated carbocycles. The standard InChI is InChI=1S/C19H18N4O3/c24-18(25)9-11-21-16-12-17(26-13-14-6-2-1-3-7-14)23-19(22-16)15-8-4-5-10-20-15/h1-8,10,12H,9,11,13H2,(H,24,25)(H,21,22,23). The van der Waals surface area contributed by atoms with Crippen molar-refractivity contribution in [1.82, 2.24) is 15.0 Å². The lowest BCUT2D eigenvalue weighted by molar-refractivity contribution is -0.136. The van der Waals surface area contributed by atoms with Crippen LogP contribution in [0.3, 0.4) is 0 Å². The average molecular weight is 350 g/mol. The summed E-state index contributed by atoms with van der Waals surface area (Å²) >= 11 is 0. The molecule has 0 amide bonds. The molecule has 2 aromatic heterocycles. The van der Waals surface area contributed by atoms with E-state index in [4.69, 9.17) is 9.84 Å². The molecule has 0 aliphatic rings. The molecule has 0 radical (unpaired) electrons. The monoisotopic (exact) mass is 350 g/mol. The third kappa shape index (κ3) is 5.01. The number of anilines is 1. The highest BCUT2D eigenvalue weighted by Crippen LogP contribution is 2.20. The maximum atomic E-state index is 10.7. The molecular formula is C19H18N4O3. The number of pyridine rings is 1. The summed E-state index contributed by atoms with van der Waals surface area (Å²) in [5.41, 5.74) is 1.63. The Kier molecular flexibility index (Phi) is 5.72. The number of benzene rings is 1. The summed E-state index contributed by atoms with van der Waals surface area (Å²) in [5.74, 6) is 0.415. The normalized spacial score (nSPS) is 10.3. The lowest BCUT2D eigenvalue weighted by Crippen LogP contribution is -2.10. The van der Waals surface area contributed by atoms with Crippen molar-refractivity contribution in [1.29, 1.82) is 0 Å². The molecule has 0 saturated heterocycles. The molecule has 26 heavy (non-hydrogen) atoms. The first-order chi connectivity index (χ1) is 12.7. The highest BCUT2D eigenvalue weighted by atomic mass is 16.5. The van der Waals surface area contributed by atoms with Gasteiger partial charge < -0.3 is 15.2 Å². The Morgan fingerprint density at radius 3 is 2.62 bits per heavy atom. The second kappa shape index (κ2) is 8.57. The van der Waals surface area contributed by atoms with Crippen molar-refractivity contribution >= 4 is 11.8 Å². The predicted octanol–water partition coefficient (Wildman–Crippen LogP) is 3.00. The van der Waals surface area contributed by atoms with E-state index >= 15 is 0 Å². The number of nitrogens with one attached hydrogen (secondary N) is 1. The average Bonchev–Trinajstić information content (AvgIpc) is 2.67. The zero-order chi connectivity index (χ0) is 18.2. The summed E-state index contributed by atoms with van der Waals surface area (Å²) in [5, 5.41) is 11.8. The second-order valence-electron chi connectivity index (χ2n) is 5.47. The van der Waals surface area contributed by atoms with Gasteiger partial charge in [0.05, 0.1) is 6.42 Å². The third-order valence-electron chi connectivity index (χ3n) is 3.47. The number of hydrogen-bond acceptors (Lipinski definition) is 6. The van der Waals surface area contributed by atoms with E-state index in [9.17, 15) is 4.79 Å². The minimum atomic E-state index is -0.878. The van der Waals surface area contributed by atoms with Crippen LogP contribution in [0.1, 0.15) is 12.0 Å². The van der Waals surface area contributed by atoms with Crippen LogP contribution in [0.25, 0.3) is 11.5 Å². The number of carboxylic acid groups (broad SMARTS) is 1. The van der Waals surface area contributed by atoms with Gasteiger partial charge in [-0.25, -0.2) is 4.98 Å². The molecule has 0 bridgehead atoms. The van der Waals surface area contributed by atoms with Crippen molar-refractivity contribution in [3.63, 3.8) is 0 Å². The molecular weight excluding hydrogens is 332 g/mol. The van der Waals surface area contributed by atoms with Crippen LogP contribution in [0.4, 0.5) is 5.82 Å². The third-order valence-corrected chi connectivity index (χ3v) is 3.47. The van der Waals surface area contributed by atoms with E-state index in [2.05, 4.69) is 20.3 Å². The number of aromatic nitrogens is 3. The van der Waals surface area contributed by atoms with Gasteiger partial charge in [0.15, 0.2) is 5.82 Å². The SMILES string of the molecule is O=C(O)CCNc1cc(OCc2ccccc2)nc(-c2ccccn2)n1. The highest BCUT2D eigenvalue weighted by molar-refractivity contribution is 5.67. The topological polar surface area (TPSA) is 97.2 Å². The molecule has 3 aromatic rings. The van der Waals surface area contributed by atoms with Gasteiger partial charge >= 0.3 is 5.97 Å². The molecule has 3 rings (SSSR count). The van der Waals surface area contributed by atoms with Crippen LogP contribution in [0.2, 0.25) is 0 Å². The lowest BCUT2D eigenvalue weighted by atomic mass is 10.2. The van der Waals surface area contributed by atoms with Gasteiger partial charge in [-0.1, -0.05) is 36.4 Å². The Morgan fingerprint density at radius 2 is 1.88 bits per heavy atom. The van der Waals surface area contributed by atoms with Crippen molar-refractivity contribution in [2.45, 2.75) is 13.0 Å². The Bertz CT molecular complexity index is 857. The van der Waals surface area contributed by atoms with Crippen molar-refractivity contribution in [2.75, 3.05) is 11.9 Å². The Balaban J connectivity index is 1.81. The smallest absolute Gasteiger partial charge is 0.305 e. The van der Waals surface area contributed by atoms with Crippen LogP contribution in [-0.4, -0.2) is 32.6 Å². The van der Waals surface area contributed by atoms with Crippen LogP contribution in [0.15, 0.2) is 60.8 Å². The number of ether oxygens (including phenoxy) is 1. The number of nitrogens with zero attached hydrogens (tertiary/aromatic N) is 3. The van der Waals surface area contributed by atoms with E-state index in [-0.39, 0.29) is 13.0 Å². The van der Waals surface area contributed by atoms with Crippen LogP contribution in [0, 0.1) is 0 Å². The number of rotatable bonds is 8. The molecule has 0 spiro atoms. The quantitative estimate of drug-likeness (QED) is 0.644. The van der Waals surface area contributed by atoms with Crippen LogP contribution < -0.4 is 10.1 Å². The molecule has 132 valence electrons. The Morgan fingerprint density at radius 1 is 1.08 bits per heavy atom. The number of hydrogen-bond donors (Lipinski definition) is 2. The van der Waals surface area contributed by atoms with Crippen LogP contribution >= 0.6 is 0 Å². The molecule has 7 nitrogen and oxygen atoms in total. The lowest BCUT2D eigenvalue weighted by Gasteiger charge is -2.10. The Labute approximate surface area is 150 Å². The van der Waals surface area contributed by atoms with Gasteiger partial charge in [-0.15, -0.1) is 0 Å². The summed E-state index contributed by atoms with van der Waals surface area (Å²) in [7, 11) is 0. The maximum absolute atomic E-state index is 10.7. The van der Waals surface area contributed by atoms with Gasteiger partial charge in [0.1, 0.15) is 18.1 Å². The fraction of sp³-hybridized carbons (Fsp3) is 0.158. The van der Waals surface area contributed by atoms with Crippen LogP contribution in [-0.2, 0) is 11.4 Å². The molecule has 0 fully saturated rings. The van der Waals surface area contributed by atoms with Gasteiger partial charge in [0.2, 0.25) is 5.88 Å². The van der Waals surface area contributed by atoms with Crippen LogP contribution in [0.5, 0.6) is 5.88 Å².